The van der Waals surface area contributed by atoms with Crippen molar-refractivity contribution in [1.29, 1.82) is 0 Å². The van der Waals surface area contributed by atoms with E-state index in [0.717, 1.165) is 35.5 Å². The highest BCUT2D eigenvalue weighted by Gasteiger charge is 2.03. The molecule has 5 heteroatoms. The lowest BCUT2D eigenvalue weighted by Crippen LogP contribution is -1.99. The van der Waals surface area contributed by atoms with Crippen LogP contribution in [-0.2, 0) is 17.6 Å². The van der Waals surface area contributed by atoms with Crippen molar-refractivity contribution in [2.45, 2.75) is 25.7 Å². The van der Waals surface area contributed by atoms with Gasteiger partial charge in [-0.15, -0.1) is 0 Å². The summed E-state index contributed by atoms with van der Waals surface area (Å²) in [5.41, 5.74) is 2.10. The highest BCUT2D eigenvalue weighted by atomic mass is 16.5. The van der Waals surface area contributed by atoms with E-state index in [2.05, 4.69) is 0 Å². The second kappa shape index (κ2) is 11.9. The molecule has 0 radical (unpaired) electrons. The molecular formula is C20H26O5. The van der Waals surface area contributed by atoms with Crippen LogP contribution in [0, 0.1) is 0 Å². The van der Waals surface area contributed by atoms with E-state index in [-0.39, 0.29) is 13.0 Å². The summed E-state index contributed by atoms with van der Waals surface area (Å²) in [6, 6.07) is 15.3. The first kappa shape index (κ1) is 20.5. The molecule has 0 saturated heterocycles. The molecule has 0 spiro atoms. The number of ether oxygens (including phenoxy) is 2. The van der Waals surface area contributed by atoms with Crippen LogP contribution >= 0.6 is 0 Å². The highest BCUT2D eigenvalue weighted by Crippen LogP contribution is 2.19. The quantitative estimate of drug-likeness (QED) is 0.767. The molecule has 0 bridgehead atoms. The molecule has 2 aromatic rings. The van der Waals surface area contributed by atoms with Gasteiger partial charge in [0.25, 0.3) is 0 Å². The minimum atomic E-state index is -0.786. The minimum Gasteiger partial charge on any atom is -0.496 e. The second-order valence-corrected chi connectivity index (χ2v) is 5.34. The summed E-state index contributed by atoms with van der Waals surface area (Å²) in [6.07, 6.45) is 2.32. The third kappa shape index (κ3) is 7.72. The Kier molecular flexibility index (Phi) is 9.78. The largest absolute Gasteiger partial charge is 0.496 e. The van der Waals surface area contributed by atoms with Gasteiger partial charge in [-0.1, -0.05) is 36.4 Å². The Hall–Kier alpha value is -2.53. The molecule has 0 aliphatic carbocycles. The summed E-state index contributed by atoms with van der Waals surface area (Å²) in [6.45, 7) is 0.234. The SMILES string of the molecule is COc1ccccc1CCC(=O)O.COc1ccccc1CCCO. The monoisotopic (exact) mass is 346 g/mol. The lowest BCUT2D eigenvalue weighted by Gasteiger charge is -2.06. The number of benzene rings is 2. The molecular weight excluding hydrogens is 320 g/mol. The summed E-state index contributed by atoms with van der Waals surface area (Å²) in [5, 5.41) is 17.1. The van der Waals surface area contributed by atoms with Gasteiger partial charge in [-0.05, 0) is 42.5 Å². The van der Waals surface area contributed by atoms with Crippen LogP contribution in [0.5, 0.6) is 11.5 Å². The number of aliphatic carboxylic acids is 1. The maximum atomic E-state index is 10.3. The zero-order valence-electron chi connectivity index (χ0n) is 14.8. The van der Waals surface area contributed by atoms with Crippen LogP contribution in [0.15, 0.2) is 48.5 Å². The van der Waals surface area contributed by atoms with Crippen molar-refractivity contribution in [3.05, 3.63) is 59.7 Å². The first-order chi connectivity index (χ1) is 12.1. The summed E-state index contributed by atoms with van der Waals surface area (Å²) < 4.78 is 10.2. The van der Waals surface area contributed by atoms with Crippen LogP contribution in [0.4, 0.5) is 0 Å². The molecule has 0 unspecified atom stereocenters. The Balaban J connectivity index is 0.000000251. The van der Waals surface area contributed by atoms with Gasteiger partial charge in [0, 0.05) is 13.0 Å². The Morgan fingerprint density at radius 2 is 1.36 bits per heavy atom. The van der Waals surface area contributed by atoms with Gasteiger partial charge in [0.15, 0.2) is 0 Å². The van der Waals surface area contributed by atoms with Gasteiger partial charge in [0.1, 0.15) is 11.5 Å². The van der Waals surface area contributed by atoms with E-state index < -0.39 is 5.97 Å². The number of aryl methyl sites for hydroxylation is 2. The average Bonchev–Trinajstić information content (AvgIpc) is 2.65. The van der Waals surface area contributed by atoms with Gasteiger partial charge < -0.3 is 19.7 Å². The van der Waals surface area contributed by atoms with Crippen molar-refractivity contribution in [2.75, 3.05) is 20.8 Å². The average molecular weight is 346 g/mol. The first-order valence-corrected chi connectivity index (χ1v) is 8.18. The summed E-state index contributed by atoms with van der Waals surface area (Å²) in [7, 11) is 3.25. The number of carboxylic acids is 1. The predicted molar refractivity (Wildman–Crippen MR) is 97.4 cm³/mol. The van der Waals surface area contributed by atoms with Crippen LogP contribution in [0.3, 0.4) is 0 Å². The molecule has 0 fully saturated rings. The van der Waals surface area contributed by atoms with Gasteiger partial charge in [-0.3, -0.25) is 4.79 Å². The highest BCUT2D eigenvalue weighted by molar-refractivity contribution is 5.67. The zero-order valence-corrected chi connectivity index (χ0v) is 14.8. The van der Waals surface area contributed by atoms with Crippen LogP contribution < -0.4 is 9.47 Å². The molecule has 136 valence electrons. The maximum absolute atomic E-state index is 10.3. The van der Waals surface area contributed by atoms with E-state index in [4.69, 9.17) is 19.7 Å². The van der Waals surface area contributed by atoms with Gasteiger partial charge in [-0.25, -0.2) is 0 Å². The van der Waals surface area contributed by atoms with E-state index in [1.54, 1.807) is 14.2 Å². The first-order valence-electron chi connectivity index (χ1n) is 8.18. The van der Waals surface area contributed by atoms with Crippen LogP contribution in [0.2, 0.25) is 0 Å². The fourth-order valence-corrected chi connectivity index (χ4v) is 2.33. The number of rotatable bonds is 8. The number of aliphatic hydroxyl groups excluding tert-OH is 1. The molecule has 0 amide bonds. The van der Waals surface area contributed by atoms with E-state index in [9.17, 15) is 4.79 Å². The topological polar surface area (TPSA) is 76.0 Å². The molecule has 2 aromatic carbocycles. The molecule has 25 heavy (non-hydrogen) atoms. The fourth-order valence-electron chi connectivity index (χ4n) is 2.33. The number of methoxy groups -OCH3 is 2. The second-order valence-electron chi connectivity index (χ2n) is 5.34. The van der Waals surface area contributed by atoms with Crippen LogP contribution in [0.1, 0.15) is 24.0 Å². The standard InChI is InChI=1S/C10H12O3.C10H14O2/c1-13-9-5-3-2-4-8(9)6-7-10(11)12;1-12-10-7-3-2-5-9(10)6-4-8-11/h2-5H,6-7H2,1H3,(H,11,12);2-3,5,7,11H,4,6,8H2,1H3. The molecule has 2 rings (SSSR count). The molecule has 0 aliphatic rings. The summed E-state index contributed by atoms with van der Waals surface area (Å²) in [5.74, 6) is 0.876. The molecule has 0 saturated carbocycles. The summed E-state index contributed by atoms with van der Waals surface area (Å²) in [4.78, 5) is 10.3. The zero-order chi connectivity index (χ0) is 18.5. The van der Waals surface area contributed by atoms with Crippen molar-refractivity contribution < 1.29 is 24.5 Å². The number of aliphatic hydroxyl groups is 1. The number of carboxylic acid groups (broad SMARTS) is 1. The minimum absolute atomic E-state index is 0.139. The van der Waals surface area contributed by atoms with Crippen molar-refractivity contribution in [3.8, 4) is 11.5 Å². The van der Waals surface area contributed by atoms with Crippen LogP contribution in [-0.4, -0.2) is 37.0 Å². The van der Waals surface area contributed by atoms with Crippen molar-refractivity contribution in [1.82, 2.24) is 0 Å². The van der Waals surface area contributed by atoms with E-state index in [0.29, 0.717) is 6.42 Å². The van der Waals surface area contributed by atoms with Crippen molar-refractivity contribution in [2.24, 2.45) is 0 Å². The summed E-state index contributed by atoms with van der Waals surface area (Å²) >= 11 is 0. The number of hydrogen-bond acceptors (Lipinski definition) is 4. The van der Waals surface area contributed by atoms with E-state index in [1.165, 1.54) is 0 Å². The Morgan fingerprint density at radius 3 is 1.80 bits per heavy atom. The van der Waals surface area contributed by atoms with Crippen LogP contribution in [0.25, 0.3) is 0 Å². The predicted octanol–water partition coefficient (Wildman–Crippen LogP) is 3.33. The van der Waals surface area contributed by atoms with E-state index in [1.807, 2.05) is 48.5 Å². The third-order valence-corrected chi connectivity index (χ3v) is 3.60. The van der Waals surface area contributed by atoms with Gasteiger partial charge >= 0.3 is 5.97 Å². The molecule has 0 heterocycles. The normalized spacial score (nSPS) is 9.72. The van der Waals surface area contributed by atoms with Gasteiger partial charge in [0.2, 0.25) is 0 Å². The van der Waals surface area contributed by atoms with E-state index >= 15 is 0 Å². The fraction of sp³-hybridized carbons (Fsp3) is 0.350. The molecule has 0 aliphatic heterocycles. The van der Waals surface area contributed by atoms with Gasteiger partial charge in [0.05, 0.1) is 14.2 Å². The Bertz CT molecular complexity index is 639. The molecule has 2 N–H and O–H groups in total. The third-order valence-electron chi connectivity index (χ3n) is 3.60. The van der Waals surface area contributed by atoms with Crippen molar-refractivity contribution >= 4 is 5.97 Å². The molecule has 5 nitrogen and oxygen atoms in total. The maximum Gasteiger partial charge on any atom is 0.303 e. The van der Waals surface area contributed by atoms with Crippen molar-refractivity contribution in [3.63, 3.8) is 0 Å². The smallest absolute Gasteiger partial charge is 0.303 e. The Labute approximate surface area is 148 Å². The number of para-hydroxylation sites is 2. The number of hydrogen-bond donors (Lipinski definition) is 2. The Morgan fingerprint density at radius 1 is 0.880 bits per heavy atom. The van der Waals surface area contributed by atoms with Gasteiger partial charge in [-0.2, -0.15) is 0 Å². The lowest BCUT2D eigenvalue weighted by atomic mass is 10.1. The molecule has 0 aromatic heterocycles. The lowest BCUT2D eigenvalue weighted by molar-refractivity contribution is -0.136. The molecule has 0 atom stereocenters. The number of carbonyl (C=O) groups is 1.